The molecule has 1 heterocycles. The highest BCUT2D eigenvalue weighted by Crippen LogP contribution is 2.17. The van der Waals surface area contributed by atoms with Crippen molar-refractivity contribution < 1.29 is 19.1 Å². The summed E-state index contributed by atoms with van der Waals surface area (Å²) in [6.07, 6.45) is 1.00. The van der Waals surface area contributed by atoms with E-state index in [2.05, 4.69) is 16.6 Å². The fourth-order valence-electron chi connectivity index (χ4n) is 1.87. The monoisotopic (exact) mass is 255 g/mol. The molecule has 0 aliphatic heterocycles. The number of aliphatic hydroxyl groups excluding tert-OH is 1. The topological polar surface area (TPSA) is 62.9 Å². The second-order valence-corrected chi connectivity index (χ2v) is 4.22. The van der Waals surface area contributed by atoms with Crippen LogP contribution in [0.25, 0.3) is 0 Å². The van der Waals surface area contributed by atoms with Crippen LogP contribution in [0.15, 0.2) is 10.5 Å². The highest BCUT2D eigenvalue weighted by Gasteiger charge is 2.17. The predicted molar refractivity (Wildman–Crippen MR) is 67.4 cm³/mol. The Morgan fingerprint density at radius 3 is 2.78 bits per heavy atom. The van der Waals surface area contributed by atoms with Crippen molar-refractivity contribution in [2.24, 2.45) is 0 Å². The number of carbonyl (C=O) groups is 1. The third kappa shape index (κ3) is 3.85. The Bertz CT molecular complexity index is 380. The van der Waals surface area contributed by atoms with Crippen LogP contribution in [-0.4, -0.2) is 42.8 Å². The number of aliphatic hydroxyl groups is 1. The maximum atomic E-state index is 11.4. The molecule has 0 aliphatic rings. The van der Waals surface area contributed by atoms with Crippen LogP contribution in [0.4, 0.5) is 0 Å². The minimum atomic E-state index is -0.456. The van der Waals surface area contributed by atoms with Crippen molar-refractivity contribution in [2.75, 3.05) is 26.8 Å². The Labute approximate surface area is 107 Å². The highest BCUT2D eigenvalue weighted by atomic mass is 16.5. The van der Waals surface area contributed by atoms with Gasteiger partial charge in [0, 0.05) is 12.1 Å². The Kier molecular flexibility index (Phi) is 5.88. The van der Waals surface area contributed by atoms with Gasteiger partial charge in [-0.05, 0) is 26.0 Å². The maximum Gasteiger partial charge on any atom is 0.374 e. The van der Waals surface area contributed by atoms with Gasteiger partial charge in [-0.15, -0.1) is 0 Å². The summed E-state index contributed by atoms with van der Waals surface area (Å²) >= 11 is 0. The van der Waals surface area contributed by atoms with Crippen molar-refractivity contribution in [3.05, 3.63) is 23.2 Å². The first kappa shape index (κ1) is 14.7. The first-order chi connectivity index (χ1) is 8.62. The van der Waals surface area contributed by atoms with Crippen molar-refractivity contribution in [3.63, 3.8) is 0 Å². The van der Waals surface area contributed by atoms with Gasteiger partial charge in [0.15, 0.2) is 0 Å². The van der Waals surface area contributed by atoms with E-state index in [0.717, 1.165) is 24.3 Å². The largest absolute Gasteiger partial charge is 0.463 e. The lowest BCUT2D eigenvalue weighted by atomic mass is 10.2. The molecular weight excluding hydrogens is 234 g/mol. The van der Waals surface area contributed by atoms with Crippen LogP contribution in [0.1, 0.15) is 35.2 Å². The Morgan fingerprint density at radius 2 is 2.22 bits per heavy atom. The molecule has 0 bridgehead atoms. The first-order valence-electron chi connectivity index (χ1n) is 6.13. The summed E-state index contributed by atoms with van der Waals surface area (Å²) in [5.41, 5.74) is 0.775. The summed E-state index contributed by atoms with van der Waals surface area (Å²) in [5.74, 6) is 0.519. The normalized spacial score (nSPS) is 10.9. The lowest BCUT2D eigenvalue weighted by Gasteiger charge is -2.18. The minimum Gasteiger partial charge on any atom is -0.463 e. The molecule has 0 radical (unpaired) electrons. The highest BCUT2D eigenvalue weighted by molar-refractivity contribution is 5.87. The molecule has 0 aliphatic carbocycles. The predicted octanol–water partition coefficient (Wildman–Crippen LogP) is 1.58. The second kappa shape index (κ2) is 7.18. The van der Waals surface area contributed by atoms with Crippen molar-refractivity contribution in [2.45, 2.75) is 26.8 Å². The molecule has 5 heteroatoms. The van der Waals surface area contributed by atoms with E-state index in [1.807, 2.05) is 13.0 Å². The van der Waals surface area contributed by atoms with E-state index in [-0.39, 0.29) is 12.4 Å². The first-order valence-corrected chi connectivity index (χ1v) is 6.13. The van der Waals surface area contributed by atoms with Gasteiger partial charge in [-0.3, -0.25) is 4.90 Å². The van der Waals surface area contributed by atoms with Crippen molar-refractivity contribution in [3.8, 4) is 0 Å². The van der Waals surface area contributed by atoms with E-state index in [0.29, 0.717) is 13.1 Å². The van der Waals surface area contributed by atoms with Gasteiger partial charge in [-0.1, -0.05) is 6.92 Å². The summed E-state index contributed by atoms with van der Waals surface area (Å²) in [4.78, 5) is 13.5. The van der Waals surface area contributed by atoms with Gasteiger partial charge in [0.1, 0.15) is 5.76 Å². The Balaban J connectivity index is 2.74. The summed E-state index contributed by atoms with van der Waals surface area (Å²) in [7, 11) is 1.33. The molecule has 0 spiro atoms. The lowest BCUT2D eigenvalue weighted by molar-refractivity contribution is 0.0559. The second-order valence-electron chi connectivity index (χ2n) is 4.22. The summed E-state index contributed by atoms with van der Waals surface area (Å²) < 4.78 is 10.1. The number of ether oxygens (including phenoxy) is 1. The number of rotatable bonds is 7. The van der Waals surface area contributed by atoms with E-state index in [1.165, 1.54) is 7.11 Å². The van der Waals surface area contributed by atoms with E-state index >= 15 is 0 Å². The van der Waals surface area contributed by atoms with Gasteiger partial charge in [-0.2, -0.15) is 0 Å². The molecule has 18 heavy (non-hydrogen) atoms. The molecule has 0 aromatic carbocycles. The van der Waals surface area contributed by atoms with E-state index in [9.17, 15) is 4.79 Å². The van der Waals surface area contributed by atoms with Crippen LogP contribution in [0, 0.1) is 6.92 Å². The number of methoxy groups -OCH3 is 1. The molecule has 5 nitrogen and oxygen atoms in total. The van der Waals surface area contributed by atoms with E-state index in [1.54, 1.807) is 0 Å². The molecule has 0 atom stereocenters. The summed E-state index contributed by atoms with van der Waals surface area (Å²) in [6.45, 7) is 6.08. The van der Waals surface area contributed by atoms with Crippen LogP contribution in [0.5, 0.6) is 0 Å². The lowest BCUT2D eigenvalue weighted by Crippen LogP contribution is -2.27. The minimum absolute atomic E-state index is 0.115. The molecule has 0 unspecified atom stereocenters. The summed E-state index contributed by atoms with van der Waals surface area (Å²) in [5, 5.41) is 8.98. The number of furan rings is 1. The fraction of sp³-hybridized carbons (Fsp3) is 0.615. The third-order valence-corrected chi connectivity index (χ3v) is 2.68. The average molecular weight is 255 g/mol. The van der Waals surface area contributed by atoms with Crippen LogP contribution in [0.2, 0.25) is 0 Å². The fourth-order valence-corrected chi connectivity index (χ4v) is 1.87. The molecule has 0 fully saturated rings. The Hall–Kier alpha value is -1.33. The van der Waals surface area contributed by atoms with Crippen molar-refractivity contribution in [1.82, 2.24) is 4.90 Å². The SMILES string of the molecule is CCCN(CCO)Cc1cc(C)c(C(=O)OC)o1. The number of hydrogen-bond acceptors (Lipinski definition) is 5. The molecule has 102 valence electrons. The van der Waals surface area contributed by atoms with Crippen molar-refractivity contribution in [1.29, 1.82) is 0 Å². The zero-order valence-electron chi connectivity index (χ0n) is 11.2. The average Bonchev–Trinajstić information content (AvgIpc) is 2.70. The third-order valence-electron chi connectivity index (χ3n) is 2.68. The number of aryl methyl sites for hydroxylation is 1. The molecule has 0 amide bonds. The molecule has 1 aromatic heterocycles. The van der Waals surface area contributed by atoms with Gasteiger partial charge in [0.25, 0.3) is 0 Å². The van der Waals surface area contributed by atoms with Gasteiger partial charge in [-0.25, -0.2) is 4.79 Å². The van der Waals surface area contributed by atoms with Gasteiger partial charge >= 0.3 is 5.97 Å². The van der Waals surface area contributed by atoms with E-state index in [4.69, 9.17) is 9.52 Å². The smallest absolute Gasteiger partial charge is 0.374 e. The van der Waals surface area contributed by atoms with Crippen LogP contribution < -0.4 is 0 Å². The molecule has 1 N–H and O–H groups in total. The molecule has 0 saturated heterocycles. The van der Waals surface area contributed by atoms with Crippen LogP contribution >= 0.6 is 0 Å². The van der Waals surface area contributed by atoms with Crippen LogP contribution in [-0.2, 0) is 11.3 Å². The maximum absolute atomic E-state index is 11.4. The Morgan fingerprint density at radius 1 is 1.50 bits per heavy atom. The van der Waals surface area contributed by atoms with Gasteiger partial charge < -0.3 is 14.3 Å². The molecule has 1 aromatic rings. The molecular formula is C13H21NO4. The van der Waals surface area contributed by atoms with Crippen LogP contribution in [0.3, 0.4) is 0 Å². The quantitative estimate of drug-likeness (QED) is 0.749. The standard InChI is InChI=1S/C13H21NO4/c1-4-5-14(6-7-15)9-11-8-10(2)12(18-11)13(16)17-3/h8,15H,4-7,9H2,1-3H3. The zero-order valence-corrected chi connectivity index (χ0v) is 11.2. The number of nitrogens with zero attached hydrogens (tertiary/aromatic N) is 1. The number of carbonyl (C=O) groups excluding carboxylic acids is 1. The van der Waals surface area contributed by atoms with Gasteiger partial charge in [0.2, 0.25) is 5.76 Å². The summed E-state index contributed by atoms with van der Waals surface area (Å²) in [6, 6.07) is 1.84. The van der Waals surface area contributed by atoms with Crippen molar-refractivity contribution >= 4 is 5.97 Å². The number of esters is 1. The number of hydrogen-bond donors (Lipinski definition) is 1. The zero-order chi connectivity index (χ0) is 13.5. The molecule has 1 rings (SSSR count). The van der Waals surface area contributed by atoms with E-state index < -0.39 is 5.97 Å². The van der Waals surface area contributed by atoms with Gasteiger partial charge in [0.05, 0.1) is 20.3 Å². The molecule has 0 saturated carbocycles.